The summed E-state index contributed by atoms with van der Waals surface area (Å²) < 4.78 is 0. The quantitative estimate of drug-likeness (QED) is 0.786. The zero-order chi connectivity index (χ0) is 18.9. The van der Waals surface area contributed by atoms with Crippen molar-refractivity contribution in [2.24, 2.45) is 5.41 Å². The second-order valence-electron chi connectivity index (χ2n) is 7.69. The Bertz CT molecular complexity index is 823. The average molecular weight is 357 g/mol. The molecule has 3 heterocycles. The SMILES string of the molecule is C=CC(C)(C)C12CC(O)C(=O)N3CC(=O)NC31N(OC)c1ccccc12. The van der Waals surface area contributed by atoms with Crippen molar-refractivity contribution < 1.29 is 19.5 Å². The third-order valence-electron chi connectivity index (χ3n) is 6.32. The minimum absolute atomic E-state index is 0.126. The smallest absolute Gasteiger partial charge is 0.255 e. The molecule has 2 N–H and O–H groups in total. The van der Waals surface area contributed by atoms with E-state index in [2.05, 4.69) is 11.9 Å². The van der Waals surface area contributed by atoms with Crippen molar-refractivity contribution in [3.05, 3.63) is 42.5 Å². The normalized spacial score (nSPS) is 32.8. The summed E-state index contributed by atoms with van der Waals surface area (Å²) in [5, 5.41) is 15.3. The van der Waals surface area contributed by atoms with Crippen molar-refractivity contribution in [1.82, 2.24) is 10.2 Å². The summed E-state index contributed by atoms with van der Waals surface area (Å²) in [6.07, 6.45) is 0.758. The number of carbonyl (C=O) groups excluding carboxylic acids is 2. The first-order valence-electron chi connectivity index (χ1n) is 8.65. The van der Waals surface area contributed by atoms with Crippen LogP contribution >= 0.6 is 0 Å². The molecule has 3 atom stereocenters. The maximum absolute atomic E-state index is 12.8. The lowest BCUT2D eigenvalue weighted by molar-refractivity contribution is -0.174. The van der Waals surface area contributed by atoms with E-state index in [4.69, 9.17) is 4.84 Å². The Morgan fingerprint density at radius 2 is 2.08 bits per heavy atom. The van der Waals surface area contributed by atoms with Crippen LogP contribution in [-0.4, -0.2) is 47.4 Å². The van der Waals surface area contributed by atoms with Gasteiger partial charge in [0.25, 0.3) is 5.91 Å². The molecule has 1 aromatic rings. The monoisotopic (exact) mass is 357 g/mol. The first-order chi connectivity index (χ1) is 12.3. The van der Waals surface area contributed by atoms with Gasteiger partial charge in [0, 0.05) is 0 Å². The number of aliphatic hydroxyl groups excluding tert-OH is 1. The van der Waals surface area contributed by atoms with Crippen molar-refractivity contribution in [3.8, 4) is 0 Å². The fraction of sp³-hybridized carbons (Fsp3) is 0.474. The van der Waals surface area contributed by atoms with E-state index in [1.807, 2.05) is 44.2 Å². The number of hydrogen-bond acceptors (Lipinski definition) is 5. The van der Waals surface area contributed by atoms with Gasteiger partial charge in [-0.2, -0.15) is 0 Å². The number of allylic oxidation sites excluding steroid dienone is 1. The Labute approximate surface area is 152 Å². The van der Waals surface area contributed by atoms with E-state index >= 15 is 0 Å². The molecule has 7 heteroatoms. The van der Waals surface area contributed by atoms with E-state index in [-0.39, 0.29) is 18.9 Å². The number of para-hydroxylation sites is 1. The van der Waals surface area contributed by atoms with Crippen LogP contribution in [0.3, 0.4) is 0 Å². The lowest BCUT2D eigenvalue weighted by Crippen LogP contribution is -2.79. The van der Waals surface area contributed by atoms with Gasteiger partial charge < -0.3 is 10.4 Å². The molecule has 3 unspecified atom stereocenters. The molecule has 1 aromatic carbocycles. The summed E-state index contributed by atoms with van der Waals surface area (Å²) in [5.41, 5.74) is 0.256. The maximum Gasteiger partial charge on any atom is 0.255 e. The largest absolute Gasteiger partial charge is 0.383 e. The standard InChI is InChI=1S/C19H23N3O4/c1-5-17(2,3)18-10-14(23)16(25)21-11-15(24)20-19(18,21)22(26-4)13-9-7-6-8-12(13)18/h5-9,14,23H,1,10-11H2,2-4H3,(H,20,24). The number of amides is 2. The van der Waals surface area contributed by atoms with Crippen LogP contribution in [0.4, 0.5) is 5.69 Å². The summed E-state index contributed by atoms with van der Waals surface area (Å²) >= 11 is 0. The van der Waals surface area contributed by atoms with Gasteiger partial charge in [0.1, 0.15) is 12.6 Å². The summed E-state index contributed by atoms with van der Waals surface area (Å²) in [7, 11) is 1.51. The minimum atomic E-state index is -1.25. The van der Waals surface area contributed by atoms with Crippen LogP contribution in [0.25, 0.3) is 0 Å². The molecule has 3 aliphatic heterocycles. The topological polar surface area (TPSA) is 82.1 Å². The summed E-state index contributed by atoms with van der Waals surface area (Å²) in [6.45, 7) is 7.88. The van der Waals surface area contributed by atoms with Gasteiger partial charge in [-0.05, 0) is 23.5 Å². The van der Waals surface area contributed by atoms with Gasteiger partial charge in [-0.15, -0.1) is 6.58 Å². The molecular formula is C19H23N3O4. The zero-order valence-electron chi connectivity index (χ0n) is 15.2. The van der Waals surface area contributed by atoms with Gasteiger partial charge in [0.05, 0.1) is 18.2 Å². The van der Waals surface area contributed by atoms with E-state index in [0.717, 1.165) is 11.3 Å². The minimum Gasteiger partial charge on any atom is -0.383 e. The molecule has 2 amide bonds. The van der Waals surface area contributed by atoms with E-state index in [1.165, 1.54) is 12.0 Å². The first kappa shape index (κ1) is 17.1. The van der Waals surface area contributed by atoms with E-state index in [1.54, 1.807) is 5.06 Å². The number of benzene rings is 1. The van der Waals surface area contributed by atoms with Crippen LogP contribution in [-0.2, 0) is 19.8 Å². The molecule has 26 heavy (non-hydrogen) atoms. The third-order valence-corrected chi connectivity index (χ3v) is 6.32. The number of aliphatic hydroxyl groups is 1. The van der Waals surface area contributed by atoms with Gasteiger partial charge in [-0.25, -0.2) is 5.06 Å². The molecule has 0 saturated carbocycles. The number of nitrogens with one attached hydrogen (secondary N) is 1. The number of nitrogens with zero attached hydrogens (tertiary/aromatic N) is 2. The predicted molar refractivity (Wildman–Crippen MR) is 94.8 cm³/mol. The molecule has 0 radical (unpaired) electrons. The van der Waals surface area contributed by atoms with E-state index in [0.29, 0.717) is 0 Å². The molecule has 3 aliphatic rings. The summed E-state index contributed by atoms with van der Waals surface area (Å²) in [4.78, 5) is 32.4. The fourth-order valence-corrected chi connectivity index (χ4v) is 5.11. The zero-order valence-corrected chi connectivity index (χ0v) is 15.2. The molecule has 2 saturated heterocycles. The van der Waals surface area contributed by atoms with Crippen LogP contribution < -0.4 is 10.4 Å². The molecule has 138 valence electrons. The van der Waals surface area contributed by atoms with Gasteiger partial charge in [0.2, 0.25) is 11.7 Å². The number of carbonyl (C=O) groups is 2. The molecule has 2 fully saturated rings. The summed E-state index contributed by atoms with van der Waals surface area (Å²) in [6, 6.07) is 7.65. The summed E-state index contributed by atoms with van der Waals surface area (Å²) in [5.74, 6) is -2.02. The van der Waals surface area contributed by atoms with Gasteiger partial charge in [-0.3, -0.25) is 19.3 Å². The highest BCUT2D eigenvalue weighted by Crippen LogP contribution is 2.64. The van der Waals surface area contributed by atoms with Crippen LogP contribution in [0.15, 0.2) is 36.9 Å². The Kier molecular flexibility index (Phi) is 3.33. The third kappa shape index (κ3) is 1.61. The number of anilines is 1. The molecule has 7 nitrogen and oxygen atoms in total. The number of fused-ring (bicyclic) bond motifs is 2. The van der Waals surface area contributed by atoms with Crippen LogP contribution in [0.2, 0.25) is 0 Å². The Morgan fingerprint density at radius 1 is 1.38 bits per heavy atom. The van der Waals surface area contributed by atoms with Crippen molar-refractivity contribution >= 4 is 17.5 Å². The lowest BCUT2D eigenvalue weighted by atomic mass is 9.55. The van der Waals surface area contributed by atoms with Crippen molar-refractivity contribution in [1.29, 1.82) is 0 Å². The molecule has 0 bridgehead atoms. The Morgan fingerprint density at radius 3 is 2.73 bits per heavy atom. The molecule has 1 spiro atoms. The maximum atomic E-state index is 12.8. The van der Waals surface area contributed by atoms with E-state index < -0.39 is 28.6 Å². The fourth-order valence-electron chi connectivity index (χ4n) is 5.11. The molecule has 4 rings (SSSR count). The highest BCUT2D eigenvalue weighted by Gasteiger charge is 2.77. The Balaban J connectivity index is 2.13. The van der Waals surface area contributed by atoms with Gasteiger partial charge in [-0.1, -0.05) is 38.1 Å². The predicted octanol–water partition coefficient (Wildman–Crippen LogP) is 0.895. The highest BCUT2D eigenvalue weighted by molar-refractivity contribution is 5.95. The number of hydroxylamine groups is 1. The Hall–Kier alpha value is -2.38. The highest BCUT2D eigenvalue weighted by atomic mass is 16.7. The second kappa shape index (κ2) is 5.08. The molecule has 0 aliphatic carbocycles. The van der Waals surface area contributed by atoms with Gasteiger partial charge >= 0.3 is 0 Å². The second-order valence-corrected chi connectivity index (χ2v) is 7.69. The van der Waals surface area contributed by atoms with Crippen molar-refractivity contribution in [2.75, 3.05) is 18.7 Å². The van der Waals surface area contributed by atoms with Crippen molar-refractivity contribution in [3.63, 3.8) is 0 Å². The van der Waals surface area contributed by atoms with Crippen LogP contribution in [0, 0.1) is 5.41 Å². The van der Waals surface area contributed by atoms with Gasteiger partial charge in [0.15, 0.2) is 0 Å². The molecular weight excluding hydrogens is 334 g/mol. The first-order valence-corrected chi connectivity index (χ1v) is 8.65. The number of rotatable bonds is 3. The van der Waals surface area contributed by atoms with Crippen molar-refractivity contribution in [2.45, 2.75) is 37.6 Å². The number of piperidine rings is 1. The van der Waals surface area contributed by atoms with E-state index in [9.17, 15) is 14.7 Å². The average Bonchev–Trinajstić information content (AvgIpc) is 3.08. The lowest BCUT2D eigenvalue weighted by Gasteiger charge is -2.59. The number of hydrogen-bond donors (Lipinski definition) is 2. The van der Waals surface area contributed by atoms with Crippen LogP contribution in [0.5, 0.6) is 0 Å². The molecule has 0 aromatic heterocycles. The van der Waals surface area contributed by atoms with Crippen LogP contribution in [0.1, 0.15) is 25.8 Å².